The van der Waals surface area contributed by atoms with E-state index in [0.717, 1.165) is 5.56 Å². The van der Waals surface area contributed by atoms with E-state index in [0.29, 0.717) is 5.56 Å². The van der Waals surface area contributed by atoms with Gasteiger partial charge < -0.3 is 10.1 Å². The van der Waals surface area contributed by atoms with Crippen molar-refractivity contribution in [1.82, 2.24) is 5.32 Å². The minimum absolute atomic E-state index is 0.186. The fourth-order valence-corrected chi connectivity index (χ4v) is 4.69. The standard InChI is InChI=1S/C24H22F3NO3S/c1-17-12-14-20(15-13-17)32(30)21(19-10-6-3-7-11-19)22(24(25,26)27)28-23(29)31-16-18-8-4-2-5-9-18/h2-15,21-22H,16H2,1H3,(H,28,29)/t21-,22-,32?/m0/s1. The normalized spacial score (nSPS) is 14.2. The van der Waals surface area contributed by atoms with E-state index in [2.05, 4.69) is 0 Å². The van der Waals surface area contributed by atoms with Gasteiger partial charge in [-0.25, -0.2) is 4.79 Å². The monoisotopic (exact) mass is 461 g/mol. The van der Waals surface area contributed by atoms with Crippen LogP contribution in [0.3, 0.4) is 0 Å². The van der Waals surface area contributed by atoms with Gasteiger partial charge in [-0.3, -0.25) is 4.21 Å². The molecule has 0 aliphatic rings. The summed E-state index contributed by atoms with van der Waals surface area (Å²) in [5, 5.41) is 0.342. The summed E-state index contributed by atoms with van der Waals surface area (Å²) in [5.41, 5.74) is 1.71. The van der Waals surface area contributed by atoms with Crippen LogP contribution in [0.4, 0.5) is 18.0 Å². The Hall–Kier alpha value is -3.13. The molecule has 3 rings (SSSR count). The van der Waals surface area contributed by atoms with Gasteiger partial charge in [0.25, 0.3) is 0 Å². The molecule has 0 saturated heterocycles. The lowest BCUT2D eigenvalue weighted by atomic mass is 10.0. The summed E-state index contributed by atoms with van der Waals surface area (Å²) in [4.78, 5) is 12.5. The van der Waals surface area contributed by atoms with Crippen LogP contribution in [0.5, 0.6) is 0 Å². The van der Waals surface area contributed by atoms with Crippen LogP contribution < -0.4 is 5.32 Å². The second kappa shape index (κ2) is 10.5. The number of amides is 1. The number of ether oxygens (including phenoxy) is 1. The van der Waals surface area contributed by atoms with Gasteiger partial charge in [0.15, 0.2) is 0 Å². The minimum atomic E-state index is -4.87. The average Bonchev–Trinajstić information content (AvgIpc) is 2.78. The Bertz CT molecular complexity index is 1040. The highest BCUT2D eigenvalue weighted by Gasteiger charge is 2.49. The van der Waals surface area contributed by atoms with Crippen LogP contribution in [0, 0.1) is 6.92 Å². The molecule has 4 nitrogen and oxygen atoms in total. The molecule has 0 fully saturated rings. The first-order valence-corrected chi connectivity index (χ1v) is 11.0. The molecule has 168 valence electrons. The predicted molar refractivity (Wildman–Crippen MR) is 116 cm³/mol. The van der Waals surface area contributed by atoms with E-state index in [9.17, 15) is 22.2 Å². The molecule has 8 heteroatoms. The van der Waals surface area contributed by atoms with E-state index in [1.54, 1.807) is 60.7 Å². The predicted octanol–water partition coefficient (Wildman–Crippen LogP) is 5.70. The maximum absolute atomic E-state index is 14.1. The number of benzene rings is 3. The molecule has 0 saturated carbocycles. The lowest BCUT2D eigenvalue weighted by Gasteiger charge is -2.29. The second-order valence-electron chi connectivity index (χ2n) is 7.17. The van der Waals surface area contributed by atoms with Gasteiger partial charge in [-0.05, 0) is 30.2 Å². The van der Waals surface area contributed by atoms with Crippen molar-refractivity contribution >= 4 is 16.9 Å². The van der Waals surface area contributed by atoms with Crippen LogP contribution in [0.1, 0.15) is 21.9 Å². The summed E-state index contributed by atoms with van der Waals surface area (Å²) >= 11 is 0. The minimum Gasteiger partial charge on any atom is -0.445 e. The van der Waals surface area contributed by atoms with Gasteiger partial charge in [0, 0.05) is 4.90 Å². The summed E-state index contributed by atoms with van der Waals surface area (Å²) in [6.07, 6.45) is -6.11. The van der Waals surface area contributed by atoms with E-state index in [-0.39, 0.29) is 17.1 Å². The third-order valence-corrected chi connectivity index (χ3v) is 6.50. The quantitative estimate of drug-likeness (QED) is 0.491. The van der Waals surface area contributed by atoms with Crippen LogP contribution >= 0.6 is 0 Å². The number of carbonyl (C=O) groups is 1. The van der Waals surface area contributed by atoms with Crippen LogP contribution in [0.15, 0.2) is 89.8 Å². The number of hydrogen-bond donors (Lipinski definition) is 1. The van der Waals surface area contributed by atoms with Crippen LogP contribution in [0.2, 0.25) is 0 Å². The number of hydrogen-bond acceptors (Lipinski definition) is 3. The molecule has 0 aliphatic carbocycles. The number of aryl methyl sites for hydroxylation is 1. The first kappa shape index (κ1) is 23.5. The Kier molecular flexibility index (Phi) is 7.69. The van der Waals surface area contributed by atoms with Gasteiger partial charge in [0.2, 0.25) is 0 Å². The summed E-state index contributed by atoms with van der Waals surface area (Å²) in [6, 6.07) is 20.3. The zero-order valence-corrected chi connectivity index (χ0v) is 18.0. The molecule has 0 radical (unpaired) electrons. The third kappa shape index (κ3) is 6.20. The highest BCUT2D eigenvalue weighted by Crippen LogP contribution is 2.37. The summed E-state index contributed by atoms with van der Waals surface area (Å²) < 4.78 is 60.7. The van der Waals surface area contributed by atoms with Crippen molar-refractivity contribution in [3.8, 4) is 0 Å². The zero-order valence-electron chi connectivity index (χ0n) is 17.2. The van der Waals surface area contributed by atoms with Gasteiger partial charge in [-0.15, -0.1) is 0 Å². The highest BCUT2D eigenvalue weighted by molar-refractivity contribution is 7.85. The Balaban J connectivity index is 1.89. The van der Waals surface area contributed by atoms with E-state index in [1.165, 1.54) is 24.3 Å². The maximum Gasteiger partial charge on any atom is 0.410 e. The number of nitrogens with one attached hydrogen (secondary N) is 1. The van der Waals surface area contributed by atoms with Crippen molar-refractivity contribution < 1.29 is 26.9 Å². The molecule has 0 aliphatic heterocycles. The highest BCUT2D eigenvalue weighted by atomic mass is 32.2. The Morgan fingerprint density at radius 2 is 1.50 bits per heavy atom. The van der Waals surface area contributed by atoms with Gasteiger partial charge >= 0.3 is 12.3 Å². The summed E-state index contributed by atoms with van der Waals surface area (Å²) in [5.74, 6) is 0. The number of alkyl halides is 3. The molecule has 1 amide bonds. The van der Waals surface area contributed by atoms with E-state index >= 15 is 0 Å². The zero-order chi connectivity index (χ0) is 23.1. The van der Waals surface area contributed by atoms with Crippen LogP contribution in [-0.2, 0) is 22.1 Å². The molecule has 1 N–H and O–H groups in total. The van der Waals surface area contributed by atoms with Crippen LogP contribution in [0.25, 0.3) is 0 Å². The molecule has 3 atom stereocenters. The average molecular weight is 462 g/mol. The lowest BCUT2D eigenvalue weighted by molar-refractivity contribution is -0.154. The number of carbonyl (C=O) groups excluding carboxylic acids is 1. The van der Waals surface area contributed by atoms with Crippen molar-refractivity contribution in [2.75, 3.05) is 0 Å². The summed E-state index contributed by atoms with van der Waals surface area (Å²) in [6.45, 7) is 1.64. The van der Waals surface area contributed by atoms with Crippen molar-refractivity contribution in [2.45, 2.75) is 35.9 Å². The molecular weight excluding hydrogens is 439 g/mol. The molecule has 3 aromatic rings. The van der Waals surface area contributed by atoms with E-state index in [4.69, 9.17) is 4.74 Å². The molecule has 0 aromatic heterocycles. The van der Waals surface area contributed by atoms with Crippen molar-refractivity contribution in [1.29, 1.82) is 0 Å². The van der Waals surface area contributed by atoms with E-state index < -0.39 is 34.4 Å². The lowest BCUT2D eigenvalue weighted by Crippen LogP contribution is -2.50. The van der Waals surface area contributed by atoms with Crippen LogP contribution in [-0.4, -0.2) is 22.5 Å². The van der Waals surface area contributed by atoms with Crippen molar-refractivity contribution in [2.24, 2.45) is 0 Å². The smallest absolute Gasteiger partial charge is 0.410 e. The number of alkyl carbamates (subject to hydrolysis) is 1. The molecule has 1 unspecified atom stereocenters. The SMILES string of the molecule is Cc1ccc(S(=O)[C@@H](c2ccccc2)[C@H](NC(=O)OCc2ccccc2)C(F)(F)F)cc1. The van der Waals surface area contributed by atoms with Gasteiger partial charge in [-0.1, -0.05) is 78.4 Å². The molecule has 32 heavy (non-hydrogen) atoms. The first-order valence-electron chi connectivity index (χ1n) is 9.82. The Morgan fingerprint density at radius 3 is 2.06 bits per heavy atom. The number of halogens is 3. The van der Waals surface area contributed by atoms with Gasteiger partial charge in [0.05, 0.1) is 16.0 Å². The molecule has 0 spiro atoms. The number of rotatable bonds is 7. The van der Waals surface area contributed by atoms with E-state index in [1.807, 2.05) is 12.2 Å². The molecule has 0 heterocycles. The molecule has 3 aromatic carbocycles. The largest absolute Gasteiger partial charge is 0.445 e. The van der Waals surface area contributed by atoms with Gasteiger partial charge in [0.1, 0.15) is 12.6 Å². The Morgan fingerprint density at radius 1 is 0.938 bits per heavy atom. The maximum atomic E-state index is 14.1. The van der Waals surface area contributed by atoms with Crippen molar-refractivity contribution in [3.05, 3.63) is 102 Å². The van der Waals surface area contributed by atoms with Crippen molar-refractivity contribution in [3.63, 3.8) is 0 Å². The second-order valence-corrected chi connectivity index (χ2v) is 8.74. The third-order valence-electron chi connectivity index (χ3n) is 4.75. The fourth-order valence-electron chi connectivity index (χ4n) is 3.12. The Labute approximate surface area is 186 Å². The summed E-state index contributed by atoms with van der Waals surface area (Å²) in [7, 11) is -2.10. The fraction of sp³-hybridized carbons (Fsp3) is 0.208. The molecular formula is C24H22F3NO3S. The topological polar surface area (TPSA) is 55.4 Å². The molecule has 0 bridgehead atoms. The van der Waals surface area contributed by atoms with Gasteiger partial charge in [-0.2, -0.15) is 13.2 Å². The first-order chi connectivity index (χ1) is 15.3.